The molecule has 11 heteroatoms. The standard InChI is InChI=1S/C28H25ClN2O7S/c1-4-36-25-16-19(15-24(29)26(25)38-39(34,35)23-12-6-18(3)7-13-23)14-21(17-30)27(32)31-22-10-8-20(9-11-22)28(33)37-5-2/h6-16H,4-5H2,1-3H3,(H,31,32)/b21-14+. The molecule has 3 aromatic rings. The highest BCUT2D eigenvalue weighted by atomic mass is 35.5. The van der Waals surface area contributed by atoms with Gasteiger partial charge in [0, 0.05) is 5.69 Å². The Kier molecular flexibility index (Phi) is 9.71. The van der Waals surface area contributed by atoms with Gasteiger partial charge in [0.05, 0.1) is 23.8 Å². The number of carbonyl (C=O) groups excluding carboxylic acids is 2. The lowest BCUT2D eigenvalue weighted by atomic mass is 10.1. The average molecular weight is 569 g/mol. The number of amides is 1. The number of nitrogens with zero attached hydrogens (tertiary/aromatic N) is 1. The van der Waals surface area contributed by atoms with Crippen LogP contribution in [0.4, 0.5) is 5.69 Å². The van der Waals surface area contributed by atoms with Gasteiger partial charge in [-0.25, -0.2) is 4.79 Å². The maximum atomic E-state index is 12.8. The van der Waals surface area contributed by atoms with Gasteiger partial charge in [-0.15, -0.1) is 0 Å². The summed E-state index contributed by atoms with van der Waals surface area (Å²) in [6.45, 7) is 5.61. The van der Waals surface area contributed by atoms with Crippen molar-refractivity contribution in [1.29, 1.82) is 5.26 Å². The van der Waals surface area contributed by atoms with E-state index < -0.39 is 22.0 Å². The summed E-state index contributed by atoms with van der Waals surface area (Å²) in [5.74, 6) is -1.41. The molecular weight excluding hydrogens is 544 g/mol. The number of hydrogen-bond donors (Lipinski definition) is 1. The van der Waals surface area contributed by atoms with Crippen molar-refractivity contribution in [3.05, 3.63) is 87.9 Å². The van der Waals surface area contributed by atoms with Crippen LogP contribution in [0.3, 0.4) is 0 Å². The van der Waals surface area contributed by atoms with E-state index in [1.165, 1.54) is 54.6 Å². The predicted octanol–water partition coefficient (Wildman–Crippen LogP) is 5.54. The van der Waals surface area contributed by atoms with Crippen LogP contribution in [-0.2, 0) is 19.6 Å². The van der Waals surface area contributed by atoms with E-state index in [0.717, 1.165) is 5.56 Å². The monoisotopic (exact) mass is 568 g/mol. The Morgan fingerprint density at radius 3 is 2.28 bits per heavy atom. The summed E-state index contributed by atoms with van der Waals surface area (Å²) in [5, 5.41) is 12.1. The van der Waals surface area contributed by atoms with Crippen molar-refractivity contribution in [2.75, 3.05) is 18.5 Å². The van der Waals surface area contributed by atoms with Crippen LogP contribution in [0.15, 0.2) is 71.1 Å². The summed E-state index contributed by atoms with van der Waals surface area (Å²) in [7, 11) is -4.22. The van der Waals surface area contributed by atoms with Crippen LogP contribution in [0.5, 0.6) is 11.5 Å². The maximum absolute atomic E-state index is 12.8. The molecule has 0 unspecified atom stereocenters. The second-order valence-corrected chi connectivity index (χ2v) is 9.99. The Bertz CT molecular complexity index is 1540. The van der Waals surface area contributed by atoms with Gasteiger partial charge in [-0.05, 0) is 80.9 Å². The molecule has 1 amide bonds. The summed E-state index contributed by atoms with van der Waals surface area (Å²) in [4.78, 5) is 24.5. The number of carbonyl (C=O) groups is 2. The van der Waals surface area contributed by atoms with Gasteiger partial charge in [-0.1, -0.05) is 29.3 Å². The first-order valence-corrected chi connectivity index (χ1v) is 13.5. The second-order valence-electron chi connectivity index (χ2n) is 8.04. The van der Waals surface area contributed by atoms with Crippen molar-refractivity contribution >= 4 is 45.4 Å². The summed E-state index contributed by atoms with van der Waals surface area (Å²) in [5.41, 5.74) is 1.59. The summed E-state index contributed by atoms with van der Waals surface area (Å²) in [6, 6.07) is 16.7. The van der Waals surface area contributed by atoms with Crippen molar-refractivity contribution in [1.82, 2.24) is 0 Å². The molecule has 0 bridgehead atoms. The van der Waals surface area contributed by atoms with Crippen LogP contribution < -0.4 is 14.2 Å². The number of hydrogen-bond acceptors (Lipinski definition) is 8. The molecule has 0 saturated carbocycles. The molecule has 0 aliphatic carbocycles. The molecule has 0 heterocycles. The number of nitriles is 1. The fourth-order valence-corrected chi connectivity index (χ4v) is 4.56. The summed E-state index contributed by atoms with van der Waals surface area (Å²) in [6.07, 6.45) is 1.27. The number of anilines is 1. The third-order valence-electron chi connectivity index (χ3n) is 5.16. The molecule has 39 heavy (non-hydrogen) atoms. The minimum atomic E-state index is -4.22. The van der Waals surface area contributed by atoms with Crippen LogP contribution >= 0.6 is 11.6 Å². The van der Waals surface area contributed by atoms with Crippen LogP contribution in [0.25, 0.3) is 6.08 Å². The van der Waals surface area contributed by atoms with Crippen molar-refractivity contribution in [2.45, 2.75) is 25.7 Å². The maximum Gasteiger partial charge on any atom is 0.339 e. The van der Waals surface area contributed by atoms with E-state index in [4.69, 9.17) is 25.3 Å². The highest BCUT2D eigenvalue weighted by Crippen LogP contribution is 2.39. The molecular formula is C28H25ClN2O7S. The SMILES string of the molecule is CCOC(=O)c1ccc(NC(=O)/C(C#N)=C/c2cc(Cl)c(OS(=O)(=O)c3ccc(C)cc3)c(OCC)c2)cc1. The lowest BCUT2D eigenvalue weighted by molar-refractivity contribution is -0.112. The minimum absolute atomic E-state index is 0.0131. The molecule has 3 rings (SSSR count). The van der Waals surface area contributed by atoms with Crippen molar-refractivity contribution < 1.29 is 31.7 Å². The second kappa shape index (κ2) is 13.0. The van der Waals surface area contributed by atoms with Gasteiger partial charge in [0.1, 0.15) is 16.5 Å². The van der Waals surface area contributed by atoms with Crippen molar-refractivity contribution in [3.63, 3.8) is 0 Å². The Balaban J connectivity index is 1.86. The third-order valence-corrected chi connectivity index (χ3v) is 6.68. The molecule has 0 saturated heterocycles. The van der Waals surface area contributed by atoms with Gasteiger partial charge in [0.15, 0.2) is 5.75 Å². The van der Waals surface area contributed by atoms with E-state index in [-0.39, 0.29) is 40.2 Å². The molecule has 0 aromatic heterocycles. The Morgan fingerprint density at radius 1 is 1.03 bits per heavy atom. The normalized spacial score (nSPS) is 11.3. The number of rotatable bonds is 10. The van der Waals surface area contributed by atoms with E-state index in [1.54, 1.807) is 26.0 Å². The zero-order chi connectivity index (χ0) is 28.6. The fourth-order valence-electron chi connectivity index (χ4n) is 3.30. The summed E-state index contributed by atoms with van der Waals surface area (Å²) >= 11 is 6.37. The number of benzene rings is 3. The smallest absolute Gasteiger partial charge is 0.339 e. The molecule has 0 spiro atoms. The van der Waals surface area contributed by atoms with Gasteiger partial charge in [0.2, 0.25) is 5.75 Å². The van der Waals surface area contributed by atoms with E-state index in [2.05, 4.69) is 5.32 Å². The highest BCUT2D eigenvalue weighted by molar-refractivity contribution is 7.87. The third kappa shape index (κ3) is 7.60. The first-order chi connectivity index (χ1) is 18.6. The van der Waals surface area contributed by atoms with Gasteiger partial charge < -0.3 is 19.0 Å². The molecule has 0 aliphatic heterocycles. The molecule has 1 N–H and O–H groups in total. The molecule has 0 fully saturated rings. The van der Waals surface area contributed by atoms with Crippen LogP contribution in [0.1, 0.15) is 35.3 Å². The molecule has 0 aliphatic rings. The highest BCUT2D eigenvalue weighted by Gasteiger charge is 2.23. The Morgan fingerprint density at radius 2 is 1.69 bits per heavy atom. The zero-order valence-electron chi connectivity index (χ0n) is 21.4. The van der Waals surface area contributed by atoms with E-state index in [1.807, 2.05) is 13.0 Å². The van der Waals surface area contributed by atoms with Gasteiger partial charge >= 0.3 is 16.1 Å². The van der Waals surface area contributed by atoms with Gasteiger partial charge in [-0.3, -0.25) is 4.79 Å². The lowest BCUT2D eigenvalue weighted by Gasteiger charge is -2.14. The topological polar surface area (TPSA) is 132 Å². The predicted molar refractivity (Wildman–Crippen MR) is 146 cm³/mol. The zero-order valence-corrected chi connectivity index (χ0v) is 22.9. The number of esters is 1. The molecule has 0 radical (unpaired) electrons. The molecule has 9 nitrogen and oxygen atoms in total. The number of halogens is 1. The van der Waals surface area contributed by atoms with E-state index >= 15 is 0 Å². The lowest BCUT2D eigenvalue weighted by Crippen LogP contribution is -2.14. The molecule has 0 atom stereocenters. The van der Waals surface area contributed by atoms with Gasteiger partial charge in [0.25, 0.3) is 5.91 Å². The van der Waals surface area contributed by atoms with Gasteiger partial charge in [-0.2, -0.15) is 13.7 Å². The molecule has 3 aromatic carbocycles. The van der Waals surface area contributed by atoms with E-state index in [0.29, 0.717) is 16.8 Å². The number of nitrogens with one attached hydrogen (secondary N) is 1. The number of aryl methyl sites for hydroxylation is 1. The first kappa shape index (κ1) is 29.2. The quantitative estimate of drug-likeness (QED) is 0.146. The summed E-state index contributed by atoms with van der Waals surface area (Å²) < 4.78 is 41.4. The largest absolute Gasteiger partial charge is 0.490 e. The average Bonchev–Trinajstić information content (AvgIpc) is 2.90. The van der Waals surface area contributed by atoms with Crippen molar-refractivity contribution in [2.24, 2.45) is 0 Å². The van der Waals surface area contributed by atoms with Crippen LogP contribution in [0.2, 0.25) is 5.02 Å². The van der Waals surface area contributed by atoms with Crippen molar-refractivity contribution in [3.8, 4) is 17.6 Å². The minimum Gasteiger partial charge on any atom is -0.490 e. The fraction of sp³-hybridized carbons (Fsp3) is 0.179. The van der Waals surface area contributed by atoms with Crippen LogP contribution in [0, 0.1) is 18.3 Å². The Labute approximate surface area is 231 Å². The first-order valence-electron chi connectivity index (χ1n) is 11.8. The van der Waals surface area contributed by atoms with Crippen LogP contribution in [-0.4, -0.2) is 33.5 Å². The number of ether oxygens (including phenoxy) is 2. The Hall–Kier alpha value is -4.33. The molecule has 202 valence electrons. The van der Waals surface area contributed by atoms with E-state index in [9.17, 15) is 23.3 Å².